The fourth-order valence-corrected chi connectivity index (χ4v) is 5.94. The number of nitrogens with one attached hydrogen (secondary N) is 1. The number of H-pyrrole nitrogens is 1. The van der Waals surface area contributed by atoms with E-state index in [0.717, 1.165) is 55.9 Å². The molecule has 3 aromatic rings. The number of aromatic amines is 1. The minimum absolute atomic E-state index is 0.00866. The Morgan fingerprint density at radius 1 is 1.23 bits per heavy atom. The molecule has 11 heteroatoms. The number of alkyl halides is 3. The van der Waals surface area contributed by atoms with Crippen molar-refractivity contribution in [2.45, 2.75) is 36.5 Å². The van der Waals surface area contributed by atoms with Gasteiger partial charge in [0.25, 0.3) is 0 Å². The lowest BCUT2D eigenvalue weighted by Gasteiger charge is -2.16. The number of hydrogen-bond acceptors (Lipinski definition) is 5. The van der Waals surface area contributed by atoms with E-state index >= 15 is 0 Å². The molecular weight excluding hydrogens is 482 g/mol. The average Bonchev–Trinajstić information content (AvgIpc) is 3.13. The topological polar surface area (TPSA) is 66.8 Å². The quantitative estimate of drug-likeness (QED) is 0.286. The minimum atomic E-state index is -4.53. The van der Waals surface area contributed by atoms with E-state index < -0.39 is 17.6 Å². The summed E-state index contributed by atoms with van der Waals surface area (Å²) in [5.74, 6) is 0.685. The monoisotopic (exact) mass is 507 g/mol. The maximum absolute atomic E-state index is 14.4. The molecule has 0 bridgehead atoms. The van der Waals surface area contributed by atoms with E-state index in [2.05, 4.69) is 20.1 Å². The van der Waals surface area contributed by atoms with Gasteiger partial charge in [0.05, 0.1) is 11.3 Å². The minimum Gasteiger partial charge on any atom is -0.319 e. The zero-order chi connectivity index (χ0) is 24.8. The molecule has 1 unspecified atom stereocenters. The van der Waals surface area contributed by atoms with E-state index in [9.17, 15) is 22.4 Å². The van der Waals surface area contributed by atoms with Crippen molar-refractivity contribution in [3.8, 4) is 11.5 Å². The molecule has 5 rings (SSSR count). The predicted molar refractivity (Wildman–Crippen MR) is 125 cm³/mol. The summed E-state index contributed by atoms with van der Waals surface area (Å²) in [5, 5.41) is 9.19. The van der Waals surface area contributed by atoms with Crippen molar-refractivity contribution < 1.29 is 17.6 Å². The van der Waals surface area contributed by atoms with Crippen LogP contribution < -0.4 is 5.56 Å². The van der Waals surface area contributed by atoms with Crippen LogP contribution in [0.3, 0.4) is 0 Å². The molecule has 1 spiro atoms. The highest BCUT2D eigenvalue weighted by atomic mass is 32.2. The molecule has 35 heavy (non-hydrogen) atoms. The summed E-state index contributed by atoms with van der Waals surface area (Å²) < 4.78 is 54.8. The van der Waals surface area contributed by atoms with Crippen LogP contribution in [-0.4, -0.2) is 50.0 Å². The Hall–Kier alpha value is -2.66. The second kappa shape index (κ2) is 9.09. The molecule has 0 radical (unpaired) electrons. The summed E-state index contributed by atoms with van der Waals surface area (Å²) in [6.45, 7) is 2.66. The van der Waals surface area contributed by atoms with Crippen LogP contribution in [0.25, 0.3) is 11.5 Å². The summed E-state index contributed by atoms with van der Waals surface area (Å²) in [6.07, 6.45) is -1.84. The molecule has 1 aliphatic heterocycles. The van der Waals surface area contributed by atoms with Crippen molar-refractivity contribution in [3.05, 3.63) is 63.7 Å². The average molecular weight is 508 g/mol. The SMILES string of the molecule is Cn1c(SCCCN2CC[C@]3(CC3c3ccc(C(F)(F)F)cc3F)C2)nnc1-c1cccc(=O)[nH]1. The van der Waals surface area contributed by atoms with Crippen molar-refractivity contribution in [1.29, 1.82) is 0 Å². The maximum Gasteiger partial charge on any atom is 0.416 e. The highest BCUT2D eigenvalue weighted by molar-refractivity contribution is 7.99. The van der Waals surface area contributed by atoms with Gasteiger partial charge in [-0.25, -0.2) is 4.39 Å². The lowest BCUT2D eigenvalue weighted by atomic mass is 9.97. The lowest BCUT2D eigenvalue weighted by molar-refractivity contribution is -0.137. The highest BCUT2D eigenvalue weighted by Gasteiger charge is 2.58. The number of likely N-dealkylation sites (tertiary alicyclic amines) is 1. The van der Waals surface area contributed by atoms with E-state index in [1.807, 2.05) is 11.6 Å². The molecule has 2 aliphatic rings. The molecule has 2 atom stereocenters. The predicted octanol–water partition coefficient (Wildman–Crippen LogP) is 4.69. The fraction of sp³-hybridized carbons (Fsp3) is 0.458. The van der Waals surface area contributed by atoms with E-state index in [-0.39, 0.29) is 16.9 Å². The van der Waals surface area contributed by atoms with Crippen LogP contribution in [0.15, 0.2) is 46.3 Å². The number of thioether (sulfide) groups is 1. The number of aromatic nitrogens is 4. The lowest BCUT2D eigenvalue weighted by Crippen LogP contribution is -2.23. The third kappa shape index (κ3) is 4.88. The number of hydrogen-bond donors (Lipinski definition) is 1. The van der Waals surface area contributed by atoms with Crippen molar-refractivity contribution >= 4 is 11.8 Å². The van der Waals surface area contributed by atoms with Crippen LogP contribution in [0.2, 0.25) is 0 Å². The molecule has 2 aromatic heterocycles. The number of pyridine rings is 1. The van der Waals surface area contributed by atoms with Gasteiger partial charge in [-0.2, -0.15) is 13.2 Å². The van der Waals surface area contributed by atoms with Gasteiger partial charge in [0, 0.05) is 25.4 Å². The van der Waals surface area contributed by atoms with E-state index in [4.69, 9.17) is 0 Å². The maximum atomic E-state index is 14.4. The number of halogens is 4. The first-order chi connectivity index (χ1) is 16.7. The van der Waals surface area contributed by atoms with Gasteiger partial charge in [0.15, 0.2) is 11.0 Å². The second-order valence-electron chi connectivity index (χ2n) is 9.38. The third-order valence-corrected chi connectivity index (χ3v) is 8.16. The van der Waals surface area contributed by atoms with Gasteiger partial charge < -0.3 is 14.5 Å². The fourth-order valence-electron chi connectivity index (χ4n) is 5.10. The number of nitrogens with zero attached hydrogens (tertiary/aromatic N) is 4. The molecule has 3 heterocycles. The smallest absolute Gasteiger partial charge is 0.319 e. The highest BCUT2D eigenvalue weighted by Crippen LogP contribution is 2.64. The Morgan fingerprint density at radius 2 is 2.06 bits per heavy atom. The summed E-state index contributed by atoms with van der Waals surface area (Å²) in [5.41, 5.74) is -0.120. The van der Waals surface area contributed by atoms with E-state index in [1.54, 1.807) is 23.9 Å². The Bertz CT molecular complexity index is 1290. The molecule has 1 saturated carbocycles. The van der Waals surface area contributed by atoms with Gasteiger partial charge in [-0.15, -0.1) is 10.2 Å². The van der Waals surface area contributed by atoms with E-state index in [0.29, 0.717) is 23.1 Å². The van der Waals surface area contributed by atoms with Crippen LogP contribution >= 0.6 is 11.8 Å². The van der Waals surface area contributed by atoms with E-state index in [1.165, 1.54) is 12.1 Å². The van der Waals surface area contributed by atoms with Gasteiger partial charge in [-0.1, -0.05) is 23.9 Å². The molecule has 1 N–H and O–H groups in total. The van der Waals surface area contributed by atoms with Crippen LogP contribution in [0, 0.1) is 11.2 Å². The molecule has 0 amide bonds. The first-order valence-electron chi connectivity index (χ1n) is 11.5. The molecule has 6 nitrogen and oxygen atoms in total. The van der Waals surface area contributed by atoms with Gasteiger partial charge in [-0.05, 0) is 67.4 Å². The zero-order valence-corrected chi connectivity index (χ0v) is 19.9. The molecule has 1 aliphatic carbocycles. The molecule has 1 aromatic carbocycles. The van der Waals surface area contributed by atoms with Crippen LogP contribution in [0.5, 0.6) is 0 Å². The molecule has 2 fully saturated rings. The molecular formula is C24H25F4N5OS. The summed E-state index contributed by atoms with van der Waals surface area (Å²) in [4.78, 5) is 16.7. The number of rotatable bonds is 7. The Balaban J connectivity index is 1.11. The van der Waals surface area contributed by atoms with Crippen molar-refractivity contribution in [3.63, 3.8) is 0 Å². The van der Waals surface area contributed by atoms with Gasteiger partial charge in [0.1, 0.15) is 5.82 Å². The van der Waals surface area contributed by atoms with Crippen molar-refractivity contribution in [1.82, 2.24) is 24.6 Å². The second-order valence-corrected chi connectivity index (χ2v) is 10.4. The largest absolute Gasteiger partial charge is 0.416 e. The van der Waals surface area contributed by atoms with Gasteiger partial charge >= 0.3 is 6.18 Å². The molecule has 186 valence electrons. The van der Waals surface area contributed by atoms with Crippen LogP contribution in [-0.2, 0) is 13.2 Å². The normalized spacial score (nSPS) is 22.3. The Morgan fingerprint density at radius 3 is 2.80 bits per heavy atom. The first-order valence-corrected chi connectivity index (χ1v) is 12.5. The first kappa shape index (κ1) is 24.1. The summed E-state index contributed by atoms with van der Waals surface area (Å²) in [6, 6.07) is 7.83. The van der Waals surface area contributed by atoms with Gasteiger partial charge in [0.2, 0.25) is 5.56 Å². The Labute approximate surface area is 203 Å². The van der Waals surface area contributed by atoms with Crippen molar-refractivity contribution in [2.24, 2.45) is 12.5 Å². The third-order valence-electron chi connectivity index (χ3n) is 7.05. The zero-order valence-electron chi connectivity index (χ0n) is 19.1. The van der Waals surface area contributed by atoms with Gasteiger partial charge in [-0.3, -0.25) is 4.79 Å². The van der Waals surface area contributed by atoms with Crippen LogP contribution in [0.4, 0.5) is 17.6 Å². The standard InChI is InChI=1S/C24H25F4N5OS/c1-32-21(19-4-2-5-20(34)29-19)30-31-22(32)35-11-3-9-33-10-8-23(14-33)13-17(23)16-7-6-15(12-18(16)25)24(26,27)28/h2,4-7,12,17H,3,8-11,13-14H2,1H3,(H,29,34)/t17?,23-/m0/s1. The molecule has 1 saturated heterocycles. The summed E-state index contributed by atoms with van der Waals surface area (Å²) >= 11 is 1.60. The summed E-state index contributed by atoms with van der Waals surface area (Å²) in [7, 11) is 1.86. The van der Waals surface area contributed by atoms with Crippen molar-refractivity contribution in [2.75, 3.05) is 25.4 Å². The number of benzene rings is 1. The Kier molecular flexibility index (Phi) is 6.25. The van der Waals surface area contributed by atoms with Crippen LogP contribution in [0.1, 0.15) is 36.3 Å².